The molecule has 1 heterocycles. The van der Waals surface area contributed by atoms with Gasteiger partial charge in [-0.3, -0.25) is 0 Å². The molecule has 0 unspecified atom stereocenters. The average molecular weight is 225 g/mol. The maximum atomic E-state index is 9.55. The summed E-state index contributed by atoms with van der Waals surface area (Å²) >= 11 is 0. The van der Waals surface area contributed by atoms with Gasteiger partial charge in [-0.25, -0.2) is 19.6 Å². The Bertz CT molecular complexity index is 370. The molecule has 0 saturated heterocycles. The van der Waals surface area contributed by atoms with E-state index in [0.29, 0.717) is 18.1 Å². The van der Waals surface area contributed by atoms with E-state index in [2.05, 4.69) is 9.97 Å². The predicted molar refractivity (Wildman–Crippen MR) is 55.6 cm³/mol. The molecule has 0 atom stereocenters. The van der Waals surface area contributed by atoms with Gasteiger partial charge >= 0.3 is 11.9 Å². The molecule has 0 aliphatic carbocycles. The van der Waals surface area contributed by atoms with E-state index in [4.69, 9.17) is 15.9 Å². The van der Waals surface area contributed by atoms with Crippen molar-refractivity contribution < 1.29 is 19.8 Å². The maximum Gasteiger partial charge on any atom is 0.328 e. The van der Waals surface area contributed by atoms with Gasteiger partial charge in [0, 0.05) is 24.0 Å². The zero-order valence-electron chi connectivity index (χ0n) is 8.49. The van der Waals surface area contributed by atoms with Crippen LogP contribution in [0.15, 0.2) is 24.4 Å². The zero-order valence-corrected chi connectivity index (χ0v) is 8.49. The SMILES string of the molecule is Cc1ccnc(N)n1.O=C(O)/C=C/C(=O)O. The molecular weight excluding hydrogens is 214 g/mol. The Labute approximate surface area is 91.3 Å². The highest BCUT2D eigenvalue weighted by Crippen LogP contribution is 1.91. The lowest BCUT2D eigenvalue weighted by molar-refractivity contribution is -0.134. The molecule has 86 valence electrons. The summed E-state index contributed by atoms with van der Waals surface area (Å²) in [5.74, 6) is -2.18. The van der Waals surface area contributed by atoms with Crippen LogP contribution in [-0.2, 0) is 9.59 Å². The van der Waals surface area contributed by atoms with Crippen LogP contribution >= 0.6 is 0 Å². The lowest BCUT2D eigenvalue weighted by Gasteiger charge is -1.89. The molecule has 1 aromatic rings. The predicted octanol–water partition coefficient (Wildman–Crippen LogP) is 0.0790. The first-order chi connectivity index (χ1) is 7.41. The fourth-order valence-electron chi connectivity index (χ4n) is 0.611. The van der Waals surface area contributed by atoms with Crippen LogP contribution < -0.4 is 5.73 Å². The topological polar surface area (TPSA) is 126 Å². The summed E-state index contributed by atoms with van der Waals surface area (Å²) < 4.78 is 0. The van der Waals surface area contributed by atoms with Gasteiger partial charge < -0.3 is 15.9 Å². The number of hydrogen-bond acceptors (Lipinski definition) is 5. The van der Waals surface area contributed by atoms with Crippen molar-refractivity contribution in [2.45, 2.75) is 6.92 Å². The first-order valence-electron chi connectivity index (χ1n) is 4.11. The fraction of sp³-hybridized carbons (Fsp3) is 0.111. The molecule has 0 spiro atoms. The molecule has 0 aliphatic heterocycles. The Morgan fingerprint density at radius 2 is 1.81 bits per heavy atom. The van der Waals surface area contributed by atoms with Crippen LogP contribution in [0, 0.1) is 6.92 Å². The van der Waals surface area contributed by atoms with Gasteiger partial charge in [-0.15, -0.1) is 0 Å². The molecule has 1 rings (SSSR count). The number of nitrogens with zero attached hydrogens (tertiary/aromatic N) is 2. The third-order valence-corrected chi connectivity index (χ3v) is 1.18. The van der Waals surface area contributed by atoms with E-state index in [9.17, 15) is 9.59 Å². The number of carboxylic acid groups (broad SMARTS) is 2. The van der Waals surface area contributed by atoms with Gasteiger partial charge in [-0.05, 0) is 13.0 Å². The van der Waals surface area contributed by atoms with E-state index >= 15 is 0 Å². The lowest BCUT2D eigenvalue weighted by atomic mass is 10.5. The third-order valence-electron chi connectivity index (χ3n) is 1.18. The number of nitrogen functional groups attached to an aromatic ring is 1. The first kappa shape index (κ1) is 13.6. The van der Waals surface area contributed by atoms with Crippen LogP contribution in [0.25, 0.3) is 0 Å². The van der Waals surface area contributed by atoms with E-state index in [1.54, 1.807) is 12.3 Å². The Hall–Kier alpha value is -2.44. The molecule has 0 radical (unpaired) electrons. The number of carbonyl (C=O) groups is 2. The second-order valence-corrected chi connectivity index (χ2v) is 2.57. The Morgan fingerprint density at radius 3 is 2.06 bits per heavy atom. The molecule has 0 aromatic carbocycles. The van der Waals surface area contributed by atoms with Crippen LogP contribution in [0.3, 0.4) is 0 Å². The van der Waals surface area contributed by atoms with E-state index in [1.807, 2.05) is 6.92 Å². The van der Waals surface area contributed by atoms with Crippen molar-refractivity contribution in [2.75, 3.05) is 5.73 Å². The molecular formula is C9H11N3O4. The fourth-order valence-corrected chi connectivity index (χ4v) is 0.611. The third kappa shape index (κ3) is 8.17. The average Bonchev–Trinajstić information content (AvgIpc) is 2.15. The Kier molecular flexibility index (Phi) is 5.88. The van der Waals surface area contributed by atoms with Gasteiger partial charge in [0.1, 0.15) is 0 Å². The van der Waals surface area contributed by atoms with E-state index < -0.39 is 11.9 Å². The van der Waals surface area contributed by atoms with Crippen LogP contribution in [0.2, 0.25) is 0 Å². The molecule has 0 bridgehead atoms. The summed E-state index contributed by atoms with van der Waals surface area (Å²) in [6.07, 6.45) is 2.75. The highest BCUT2D eigenvalue weighted by Gasteiger charge is 1.88. The Morgan fingerprint density at radius 1 is 1.31 bits per heavy atom. The molecule has 4 N–H and O–H groups in total. The molecule has 1 aromatic heterocycles. The first-order valence-corrected chi connectivity index (χ1v) is 4.11. The van der Waals surface area contributed by atoms with Crippen molar-refractivity contribution in [1.29, 1.82) is 0 Å². The van der Waals surface area contributed by atoms with Crippen molar-refractivity contribution in [3.8, 4) is 0 Å². The smallest absolute Gasteiger partial charge is 0.328 e. The highest BCUT2D eigenvalue weighted by atomic mass is 16.4. The quantitative estimate of drug-likeness (QED) is 0.608. The number of rotatable bonds is 2. The number of hydrogen-bond donors (Lipinski definition) is 3. The second kappa shape index (κ2) is 6.93. The molecule has 0 saturated carbocycles. The normalized spacial score (nSPS) is 9.31. The number of anilines is 1. The minimum absolute atomic E-state index is 0.338. The molecule has 16 heavy (non-hydrogen) atoms. The van der Waals surface area contributed by atoms with Gasteiger partial charge in [0.15, 0.2) is 0 Å². The lowest BCUT2D eigenvalue weighted by Crippen LogP contribution is -1.93. The van der Waals surface area contributed by atoms with Crippen molar-refractivity contribution in [3.05, 3.63) is 30.1 Å². The van der Waals surface area contributed by atoms with Crippen molar-refractivity contribution in [3.63, 3.8) is 0 Å². The molecule has 7 heteroatoms. The molecule has 7 nitrogen and oxygen atoms in total. The number of nitrogens with two attached hydrogens (primary N) is 1. The van der Waals surface area contributed by atoms with Gasteiger partial charge in [0.25, 0.3) is 0 Å². The van der Waals surface area contributed by atoms with E-state index in [1.165, 1.54) is 0 Å². The van der Waals surface area contributed by atoms with Gasteiger partial charge in [-0.2, -0.15) is 0 Å². The van der Waals surface area contributed by atoms with E-state index in [0.717, 1.165) is 5.69 Å². The van der Waals surface area contributed by atoms with Gasteiger partial charge in [-0.1, -0.05) is 0 Å². The molecule has 0 aliphatic rings. The summed E-state index contributed by atoms with van der Waals surface area (Å²) in [5, 5.41) is 15.6. The van der Waals surface area contributed by atoms with Crippen LogP contribution in [0.1, 0.15) is 5.69 Å². The van der Waals surface area contributed by atoms with Gasteiger partial charge in [0.05, 0.1) is 0 Å². The monoisotopic (exact) mass is 225 g/mol. The number of aromatic nitrogens is 2. The second-order valence-electron chi connectivity index (χ2n) is 2.57. The highest BCUT2D eigenvalue weighted by molar-refractivity contribution is 5.89. The van der Waals surface area contributed by atoms with Gasteiger partial charge in [0.2, 0.25) is 5.95 Å². The summed E-state index contributed by atoms with van der Waals surface area (Å²) in [6, 6.07) is 1.80. The van der Waals surface area contributed by atoms with Crippen LogP contribution in [-0.4, -0.2) is 32.1 Å². The van der Waals surface area contributed by atoms with E-state index in [-0.39, 0.29) is 0 Å². The molecule has 0 amide bonds. The minimum Gasteiger partial charge on any atom is -0.478 e. The summed E-state index contributed by atoms with van der Waals surface area (Å²) in [5.41, 5.74) is 6.14. The number of aryl methyl sites for hydroxylation is 1. The van der Waals surface area contributed by atoms with Crippen LogP contribution in [0.4, 0.5) is 5.95 Å². The largest absolute Gasteiger partial charge is 0.478 e. The Balaban J connectivity index is 0.000000281. The summed E-state index contributed by atoms with van der Waals surface area (Å²) in [4.78, 5) is 26.7. The van der Waals surface area contributed by atoms with Crippen molar-refractivity contribution in [2.24, 2.45) is 0 Å². The standard InChI is InChI=1S/C5H7N3.C4H4O4/c1-4-2-3-7-5(6)8-4;5-3(6)1-2-4(7)8/h2-3H,1H3,(H2,6,7,8);1-2H,(H,5,6)(H,7,8)/b;2-1+. The summed E-state index contributed by atoms with van der Waals surface area (Å²) in [6.45, 7) is 1.87. The van der Waals surface area contributed by atoms with Crippen molar-refractivity contribution in [1.82, 2.24) is 9.97 Å². The molecule has 0 fully saturated rings. The summed E-state index contributed by atoms with van der Waals surface area (Å²) in [7, 11) is 0. The maximum absolute atomic E-state index is 9.55. The van der Waals surface area contributed by atoms with Crippen LogP contribution in [0.5, 0.6) is 0 Å². The number of aliphatic carboxylic acids is 2. The van der Waals surface area contributed by atoms with Crippen molar-refractivity contribution >= 4 is 17.9 Å². The zero-order chi connectivity index (χ0) is 12.6. The number of carboxylic acids is 2. The minimum atomic E-state index is -1.26.